The molecule has 0 saturated heterocycles. The summed E-state index contributed by atoms with van der Waals surface area (Å²) >= 11 is 0.382. The van der Waals surface area contributed by atoms with Gasteiger partial charge >= 0.3 is 33.2 Å². The molecule has 21 heavy (non-hydrogen) atoms. The fourth-order valence-corrected chi connectivity index (χ4v) is 2.46. The van der Waals surface area contributed by atoms with Crippen molar-refractivity contribution >= 4 is 20.3 Å². The predicted octanol–water partition coefficient (Wildman–Crippen LogP) is 5.59. The van der Waals surface area contributed by atoms with Crippen molar-refractivity contribution in [2.24, 2.45) is 0 Å². The van der Waals surface area contributed by atoms with E-state index in [1.54, 1.807) is 0 Å². The van der Waals surface area contributed by atoms with Gasteiger partial charge in [-0.25, -0.2) is 0 Å². The van der Waals surface area contributed by atoms with Crippen LogP contribution in [-0.4, -0.2) is 35.2 Å². The van der Waals surface area contributed by atoms with E-state index < -0.39 is 0 Å². The molecular formula is C16H35Cl2CoNO. The number of hydrogen-bond acceptors (Lipinski definition) is 2. The van der Waals surface area contributed by atoms with E-state index in [-0.39, 0.29) is 6.10 Å². The van der Waals surface area contributed by atoms with Gasteiger partial charge in [0.15, 0.2) is 0 Å². The minimum absolute atomic E-state index is 0.118. The summed E-state index contributed by atoms with van der Waals surface area (Å²) in [4.78, 5) is 2.63. The summed E-state index contributed by atoms with van der Waals surface area (Å²) in [6, 6.07) is 0.586. The number of rotatable bonds is 12. The standard InChI is InChI=1S/C16H35NO.2ClH.Co/c1-5-9-12-17(13-10-6-2)15(11-7-3)14-16(18)8-4;;;/h15-16,18H,5-14H2,1-4H3;2*1H;/q;;;+2/p-2. The number of aliphatic hydroxyl groups is 1. The van der Waals surface area contributed by atoms with E-state index in [2.05, 4.69) is 32.6 Å². The Kier molecular flexibility index (Phi) is 22.0. The van der Waals surface area contributed by atoms with Crippen molar-refractivity contribution in [1.29, 1.82) is 0 Å². The van der Waals surface area contributed by atoms with E-state index in [9.17, 15) is 5.11 Å². The second kappa shape index (κ2) is 19.1. The Morgan fingerprint density at radius 1 is 0.952 bits per heavy atom. The van der Waals surface area contributed by atoms with Crippen LogP contribution >= 0.6 is 20.3 Å². The third-order valence-electron chi connectivity index (χ3n) is 3.75. The first kappa shape index (κ1) is 24.3. The summed E-state index contributed by atoms with van der Waals surface area (Å²) < 4.78 is 0. The summed E-state index contributed by atoms with van der Waals surface area (Å²) in [5.41, 5.74) is 0. The van der Waals surface area contributed by atoms with Gasteiger partial charge in [-0.1, -0.05) is 47.0 Å². The van der Waals surface area contributed by atoms with E-state index in [4.69, 9.17) is 20.3 Å². The van der Waals surface area contributed by atoms with Crippen LogP contribution in [0.2, 0.25) is 0 Å². The molecule has 0 aliphatic rings. The van der Waals surface area contributed by atoms with Crippen LogP contribution in [-0.2, 0) is 12.9 Å². The Hall–Kier alpha value is 1.01. The summed E-state index contributed by atoms with van der Waals surface area (Å²) in [5.74, 6) is 0. The second-order valence-corrected chi connectivity index (χ2v) is 7.25. The van der Waals surface area contributed by atoms with Gasteiger partial charge in [-0.05, 0) is 45.2 Å². The van der Waals surface area contributed by atoms with Crippen LogP contribution < -0.4 is 0 Å². The molecule has 2 unspecified atom stereocenters. The number of aliphatic hydroxyl groups excluding tert-OH is 1. The van der Waals surface area contributed by atoms with Gasteiger partial charge < -0.3 is 10.0 Å². The molecule has 5 heteroatoms. The first-order valence-corrected chi connectivity index (χ1v) is 11.2. The zero-order chi connectivity index (χ0) is 16.5. The molecule has 1 N–H and O–H groups in total. The maximum atomic E-state index is 9.93. The van der Waals surface area contributed by atoms with Crippen LogP contribution in [0, 0.1) is 0 Å². The van der Waals surface area contributed by atoms with Crippen LogP contribution in [0.1, 0.15) is 79.1 Å². The Balaban J connectivity index is 0. The minimum atomic E-state index is -0.118. The van der Waals surface area contributed by atoms with Crippen LogP contribution in [0.4, 0.5) is 0 Å². The average molecular weight is 387 g/mol. The molecule has 0 rings (SSSR count). The third-order valence-corrected chi connectivity index (χ3v) is 3.75. The van der Waals surface area contributed by atoms with Crippen molar-refractivity contribution in [3.63, 3.8) is 0 Å². The van der Waals surface area contributed by atoms with Crippen molar-refractivity contribution in [3.8, 4) is 0 Å². The van der Waals surface area contributed by atoms with Crippen LogP contribution in [0.5, 0.6) is 0 Å². The number of halogens is 2. The molecule has 0 fully saturated rings. The molecule has 0 aliphatic heterocycles. The van der Waals surface area contributed by atoms with Crippen LogP contribution in [0.15, 0.2) is 0 Å². The molecule has 2 atom stereocenters. The first-order valence-electron chi connectivity index (χ1n) is 8.36. The Morgan fingerprint density at radius 3 is 1.76 bits per heavy atom. The third kappa shape index (κ3) is 15.7. The fourth-order valence-electron chi connectivity index (χ4n) is 2.46. The molecular weight excluding hydrogens is 352 g/mol. The molecule has 133 valence electrons. The Morgan fingerprint density at radius 2 is 1.43 bits per heavy atom. The van der Waals surface area contributed by atoms with E-state index in [1.807, 2.05) is 0 Å². The SMILES string of the molecule is CCCCN(CCCC)C(CCC)CC(O)CC.[Cl][Co][Cl]. The van der Waals surface area contributed by atoms with Crippen molar-refractivity contribution in [1.82, 2.24) is 4.90 Å². The molecule has 0 radical (unpaired) electrons. The second-order valence-electron chi connectivity index (χ2n) is 5.53. The van der Waals surface area contributed by atoms with Gasteiger partial charge in [-0.3, -0.25) is 0 Å². The molecule has 2 nitrogen and oxygen atoms in total. The van der Waals surface area contributed by atoms with Gasteiger partial charge in [0.1, 0.15) is 0 Å². The van der Waals surface area contributed by atoms with Gasteiger partial charge in [-0.2, -0.15) is 0 Å². The van der Waals surface area contributed by atoms with Gasteiger partial charge in [-0.15, -0.1) is 0 Å². The molecule has 0 aromatic heterocycles. The van der Waals surface area contributed by atoms with Crippen LogP contribution in [0.25, 0.3) is 0 Å². The fraction of sp³-hybridized carbons (Fsp3) is 1.00. The van der Waals surface area contributed by atoms with Crippen molar-refractivity contribution in [2.75, 3.05) is 13.1 Å². The van der Waals surface area contributed by atoms with Crippen molar-refractivity contribution in [3.05, 3.63) is 0 Å². The van der Waals surface area contributed by atoms with Crippen molar-refractivity contribution in [2.45, 2.75) is 91.2 Å². The van der Waals surface area contributed by atoms with E-state index in [0.29, 0.717) is 18.9 Å². The van der Waals surface area contributed by atoms with Gasteiger partial charge in [0.25, 0.3) is 0 Å². The molecule has 0 bridgehead atoms. The molecule has 0 aliphatic carbocycles. The molecule has 0 saturated carbocycles. The van der Waals surface area contributed by atoms with Crippen molar-refractivity contribution < 1.29 is 18.0 Å². The average Bonchev–Trinajstić information content (AvgIpc) is 2.47. The summed E-state index contributed by atoms with van der Waals surface area (Å²) in [6.07, 6.45) is 9.26. The molecule has 0 spiro atoms. The molecule has 0 aromatic carbocycles. The number of unbranched alkanes of at least 4 members (excludes halogenated alkanes) is 2. The molecule has 0 heterocycles. The maximum absolute atomic E-state index is 9.93. The summed E-state index contributed by atoms with van der Waals surface area (Å²) in [7, 11) is 9.47. The van der Waals surface area contributed by atoms with Crippen LogP contribution in [0.3, 0.4) is 0 Å². The molecule has 0 aromatic rings. The number of nitrogens with zero attached hydrogens (tertiary/aromatic N) is 1. The Bertz CT molecular complexity index is 191. The van der Waals surface area contributed by atoms with E-state index in [1.165, 1.54) is 51.6 Å². The first-order chi connectivity index (χ1) is 10.1. The normalized spacial score (nSPS) is 13.9. The predicted molar refractivity (Wildman–Crippen MR) is 92.7 cm³/mol. The summed E-state index contributed by atoms with van der Waals surface area (Å²) in [5, 5.41) is 9.93. The topological polar surface area (TPSA) is 23.5 Å². The zero-order valence-electron chi connectivity index (χ0n) is 14.2. The molecule has 0 amide bonds. The summed E-state index contributed by atoms with van der Waals surface area (Å²) in [6.45, 7) is 11.3. The zero-order valence-corrected chi connectivity index (χ0v) is 16.8. The van der Waals surface area contributed by atoms with E-state index in [0.717, 1.165) is 12.8 Å². The van der Waals surface area contributed by atoms with Gasteiger partial charge in [0.2, 0.25) is 0 Å². The Labute approximate surface area is 147 Å². The van der Waals surface area contributed by atoms with Gasteiger partial charge in [0.05, 0.1) is 6.10 Å². The number of hydrogen-bond donors (Lipinski definition) is 1. The quantitative estimate of drug-likeness (QED) is 0.472. The van der Waals surface area contributed by atoms with E-state index >= 15 is 0 Å². The monoisotopic (exact) mass is 386 g/mol. The van der Waals surface area contributed by atoms with Gasteiger partial charge in [0, 0.05) is 6.04 Å².